The minimum Gasteiger partial charge on any atom is -0.350 e. The molecule has 0 atom stereocenters. The first-order chi connectivity index (χ1) is 11.5. The third-order valence-electron chi connectivity index (χ3n) is 4.11. The molecule has 0 bridgehead atoms. The van der Waals surface area contributed by atoms with Crippen LogP contribution in [-0.2, 0) is 0 Å². The Kier molecular flexibility index (Phi) is 6.74. The molecule has 2 rings (SSSR count). The van der Waals surface area contributed by atoms with E-state index in [1.54, 1.807) is 0 Å². The zero-order chi connectivity index (χ0) is 17.4. The van der Waals surface area contributed by atoms with E-state index in [2.05, 4.69) is 20.7 Å². The van der Waals surface area contributed by atoms with E-state index in [1.807, 2.05) is 37.3 Å². The lowest BCUT2D eigenvalue weighted by atomic mass is 10.0. The highest BCUT2D eigenvalue weighted by molar-refractivity contribution is 5.94. The van der Waals surface area contributed by atoms with Crippen molar-refractivity contribution in [1.29, 1.82) is 0 Å². The van der Waals surface area contributed by atoms with E-state index in [9.17, 15) is 9.59 Å². The van der Waals surface area contributed by atoms with Gasteiger partial charge in [0.2, 0.25) is 0 Å². The monoisotopic (exact) mass is 331 g/mol. The van der Waals surface area contributed by atoms with Crippen molar-refractivity contribution in [3.8, 4) is 0 Å². The van der Waals surface area contributed by atoms with Crippen molar-refractivity contribution < 1.29 is 9.59 Å². The first-order valence-electron chi connectivity index (χ1n) is 8.21. The number of amides is 3. The molecular weight excluding hydrogens is 306 g/mol. The topological polar surface area (TPSA) is 99.8 Å². The largest absolute Gasteiger partial charge is 0.350 e. The van der Waals surface area contributed by atoms with Gasteiger partial charge in [-0.05, 0) is 38.3 Å². The number of nitrogens with one attached hydrogen (secondary N) is 2. The minimum atomic E-state index is -0.649. The van der Waals surface area contributed by atoms with Gasteiger partial charge < -0.3 is 16.0 Å². The maximum Gasteiger partial charge on any atom is 0.332 e. The zero-order valence-electron chi connectivity index (χ0n) is 14.0. The number of hydrogen-bond acceptors (Lipinski definition) is 4. The zero-order valence-corrected chi connectivity index (χ0v) is 14.0. The first-order valence-corrected chi connectivity index (χ1v) is 8.21. The van der Waals surface area contributed by atoms with Gasteiger partial charge in [-0.3, -0.25) is 4.79 Å². The molecule has 1 saturated heterocycles. The molecule has 0 saturated carbocycles. The quantitative estimate of drug-likeness (QED) is 0.541. The first kappa shape index (κ1) is 17.9. The molecule has 130 valence electrons. The molecule has 1 aromatic rings. The van der Waals surface area contributed by atoms with Gasteiger partial charge >= 0.3 is 6.03 Å². The molecule has 7 heteroatoms. The Labute approximate surface area is 142 Å². The highest BCUT2D eigenvalue weighted by Gasteiger charge is 2.20. The number of piperidine rings is 1. The van der Waals surface area contributed by atoms with Crippen LogP contribution in [0.2, 0.25) is 0 Å². The van der Waals surface area contributed by atoms with Crippen LogP contribution in [0, 0.1) is 0 Å². The Morgan fingerprint density at radius 1 is 1.25 bits per heavy atom. The fraction of sp³-hybridized carbons (Fsp3) is 0.471. The van der Waals surface area contributed by atoms with Crippen molar-refractivity contribution in [1.82, 2.24) is 15.6 Å². The van der Waals surface area contributed by atoms with Gasteiger partial charge in [0.25, 0.3) is 5.91 Å². The molecule has 4 N–H and O–H groups in total. The maximum atomic E-state index is 12.2. The molecule has 1 heterocycles. The number of carbonyl (C=O) groups excluding carboxylic acids is 2. The summed E-state index contributed by atoms with van der Waals surface area (Å²) in [7, 11) is 0. The Bertz CT molecular complexity index is 580. The van der Waals surface area contributed by atoms with Gasteiger partial charge in [0.05, 0.1) is 0 Å². The number of carbonyl (C=O) groups is 2. The Morgan fingerprint density at radius 2 is 1.92 bits per heavy atom. The normalized spacial score (nSPS) is 16.6. The Balaban J connectivity index is 1.69. The number of primary amides is 1. The van der Waals surface area contributed by atoms with Crippen molar-refractivity contribution in [2.45, 2.75) is 32.2 Å². The van der Waals surface area contributed by atoms with E-state index in [0.717, 1.165) is 44.6 Å². The molecular formula is C17H25N5O2. The van der Waals surface area contributed by atoms with Crippen LogP contribution in [0.5, 0.6) is 0 Å². The van der Waals surface area contributed by atoms with Crippen molar-refractivity contribution in [2.75, 3.05) is 19.6 Å². The van der Waals surface area contributed by atoms with E-state index in [4.69, 9.17) is 5.73 Å². The average molecular weight is 331 g/mol. The molecule has 1 aromatic carbocycles. The molecule has 0 unspecified atom stereocenters. The van der Waals surface area contributed by atoms with E-state index >= 15 is 0 Å². The fourth-order valence-electron chi connectivity index (χ4n) is 2.69. The molecule has 0 aliphatic carbocycles. The molecule has 24 heavy (non-hydrogen) atoms. The summed E-state index contributed by atoms with van der Waals surface area (Å²) in [6.07, 6.45) is 2.66. The number of rotatable bonds is 6. The number of nitrogens with two attached hydrogens (primary N) is 1. The van der Waals surface area contributed by atoms with Gasteiger partial charge in [-0.25, -0.2) is 10.2 Å². The standard InChI is InChI=1S/C17H25N5O2/c1-13(20-21-17(18)24)7-10-22-11-8-15(9-12-22)19-16(23)14-5-3-2-4-6-14/h2-6,15H,7-12H2,1H3,(H,19,23)(H3,18,21,24). The highest BCUT2D eigenvalue weighted by Crippen LogP contribution is 2.12. The van der Waals surface area contributed by atoms with Gasteiger partial charge in [0, 0.05) is 37.0 Å². The molecule has 7 nitrogen and oxygen atoms in total. The van der Waals surface area contributed by atoms with Crippen LogP contribution in [0.1, 0.15) is 36.5 Å². The van der Waals surface area contributed by atoms with Gasteiger partial charge in [0.15, 0.2) is 0 Å². The number of likely N-dealkylation sites (tertiary alicyclic amines) is 1. The van der Waals surface area contributed by atoms with E-state index < -0.39 is 6.03 Å². The summed E-state index contributed by atoms with van der Waals surface area (Å²) in [5.74, 6) is -0.00504. The summed E-state index contributed by atoms with van der Waals surface area (Å²) in [6, 6.07) is 8.87. The van der Waals surface area contributed by atoms with Crippen LogP contribution in [0.4, 0.5) is 4.79 Å². The SMILES string of the molecule is CC(CCN1CCC(NC(=O)c2ccccc2)CC1)=NNC(N)=O. The van der Waals surface area contributed by atoms with Crippen LogP contribution in [0.25, 0.3) is 0 Å². The molecule has 1 aliphatic rings. The summed E-state index contributed by atoms with van der Waals surface area (Å²) in [6.45, 7) is 4.63. The summed E-state index contributed by atoms with van der Waals surface area (Å²) < 4.78 is 0. The second-order valence-electron chi connectivity index (χ2n) is 6.03. The van der Waals surface area contributed by atoms with E-state index in [-0.39, 0.29) is 11.9 Å². The lowest BCUT2D eigenvalue weighted by molar-refractivity contribution is 0.0912. The Hall–Kier alpha value is -2.41. The van der Waals surface area contributed by atoms with Gasteiger partial charge in [-0.15, -0.1) is 0 Å². The minimum absolute atomic E-state index is 0.00504. The van der Waals surface area contributed by atoms with Gasteiger partial charge in [-0.1, -0.05) is 18.2 Å². The molecule has 3 amide bonds. The maximum absolute atomic E-state index is 12.2. The van der Waals surface area contributed by atoms with Crippen LogP contribution in [0.3, 0.4) is 0 Å². The molecule has 0 spiro atoms. The lowest BCUT2D eigenvalue weighted by Crippen LogP contribution is -2.45. The lowest BCUT2D eigenvalue weighted by Gasteiger charge is -2.32. The third-order valence-corrected chi connectivity index (χ3v) is 4.11. The Morgan fingerprint density at radius 3 is 2.54 bits per heavy atom. The number of urea groups is 1. The van der Waals surface area contributed by atoms with Crippen LogP contribution in [-0.4, -0.2) is 48.2 Å². The number of benzene rings is 1. The van der Waals surface area contributed by atoms with Crippen molar-refractivity contribution in [3.05, 3.63) is 35.9 Å². The smallest absolute Gasteiger partial charge is 0.332 e. The summed E-state index contributed by atoms with van der Waals surface area (Å²) in [5.41, 5.74) is 8.76. The molecule has 0 radical (unpaired) electrons. The molecule has 1 aliphatic heterocycles. The van der Waals surface area contributed by atoms with Crippen LogP contribution < -0.4 is 16.5 Å². The third kappa shape index (κ3) is 6.00. The fourth-order valence-corrected chi connectivity index (χ4v) is 2.69. The summed E-state index contributed by atoms with van der Waals surface area (Å²) in [5, 5.41) is 7.01. The summed E-state index contributed by atoms with van der Waals surface area (Å²) >= 11 is 0. The van der Waals surface area contributed by atoms with Crippen molar-refractivity contribution >= 4 is 17.6 Å². The predicted octanol–water partition coefficient (Wildman–Crippen LogP) is 1.32. The van der Waals surface area contributed by atoms with Crippen molar-refractivity contribution in [2.24, 2.45) is 10.8 Å². The van der Waals surface area contributed by atoms with Gasteiger partial charge in [-0.2, -0.15) is 5.10 Å². The van der Waals surface area contributed by atoms with Crippen molar-refractivity contribution in [3.63, 3.8) is 0 Å². The number of nitrogens with zero attached hydrogens (tertiary/aromatic N) is 2. The number of hydrazone groups is 1. The molecule has 1 fully saturated rings. The average Bonchev–Trinajstić information content (AvgIpc) is 2.60. The van der Waals surface area contributed by atoms with E-state index in [0.29, 0.717) is 5.56 Å². The highest BCUT2D eigenvalue weighted by atomic mass is 16.2. The van der Waals surface area contributed by atoms with Gasteiger partial charge in [0.1, 0.15) is 0 Å². The second-order valence-corrected chi connectivity index (χ2v) is 6.03. The van der Waals surface area contributed by atoms with Crippen LogP contribution >= 0.6 is 0 Å². The second kappa shape index (κ2) is 9.02. The van der Waals surface area contributed by atoms with E-state index in [1.165, 1.54) is 0 Å². The number of hydrogen-bond donors (Lipinski definition) is 3. The summed E-state index contributed by atoms with van der Waals surface area (Å²) in [4.78, 5) is 25.1. The van der Waals surface area contributed by atoms with Crippen LogP contribution in [0.15, 0.2) is 35.4 Å². The predicted molar refractivity (Wildman–Crippen MR) is 93.8 cm³/mol. The molecule has 0 aromatic heterocycles.